The van der Waals surface area contributed by atoms with Crippen LogP contribution >= 0.6 is 23.5 Å². The summed E-state index contributed by atoms with van der Waals surface area (Å²) in [7, 11) is 0. The Morgan fingerprint density at radius 3 is 0.944 bits per heavy atom. The fourth-order valence-corrected chi connectivity index (χ4v) is 6.43. The Hall–Kier alpha value is -3.48. The second-order valence-corrected chi connectivity index (χ2v) is 10.6. The van der Waals surface area contributed by atoms with Crippen molar-refractivity contribution < 1.29 is 19.1 Å². The van der Waals surface area contributed by atoms with Gasteiger partial charge in [0.05, 0.1) is 10.5 Å². The van der Waals surface area contributed by atoms with Gasteiger partial charge >= 0.3 is 11.9 Å². The van der Waals surface area contributed by atoms with Crippen molar-refractivity contribution in [3.05, 3.63) is 144 Å². The second-order valence-electron chi connectivity index (χ2n) is 8.21. The molecular weight excluding hydrogens is 488 g/mol. The average Bonchev–Trinajstić information content (AvgIpc) is 2.94. The highest BCUT2D eigenvalue weighted by Gasteiger charge is 2.42. The largest absolute Gasteiger partial charge is 0.436 e. The quantitative estimate of drug-likeness (QED) is 0.243. The van der Waals surface area contributed by atoms with Crippen molar-refractivity contribution in [1.82, 2.24) is 0 Å². The van der Waals surface area contributed by atoms with E-state index >= 15 is 0 Å². The van der Waals surface area contributed by atoms with Gasteiger partial charge in [-0.15, -0.1) is 0 Å². The molecule has 0 aliphatic carbocycles. The van der Waals surface area contributed by atoms with E-state index in [2.05, 4.69) is 0 Å². The molecule has 0 N–H and O–H groups in total. The fraction of sp³-hybridized carbons (Fsp3) is 0.133. The van der Waals surface area contributed by atoms with Crippen LogP contribution in [0, 0.1) is 0 Å². The number of rotatable bonds is 8. The van der Waals surface area contributed by atoms with E-state index in [-0.39, 0.29) is 10.5 Å². The van der Waals surface area contributed by atoms with Crippen molar-refractivity contribution in [3.63, 3.8) is 0 Å². The maximum absolute atomic E-state index is 13.1. The van der Waals surface area contributed by atoms with Crippen LogP contribution in [0.4, 0.5) is 0 Å². The lowest BCUT2D eigenvalue weighted by Gasteiger charge is -2.31. The van der Waals surface area contributed by atoms with Gasteiger partial charge in [0.15, 0.2) is 0 Å². The van der Waals surface area contributed by atoms with Crippen molar-refractivity contribution in [2.75, 3.05) is 0 Å². The molecule has 36 heavy (non-hydrogen) atoms. The Kier molecular flexibility index (Phi) is 7.74. The normalized spacial score (nSPS) is 17.6. The molecule has 1 aliphatic rings. The van der Waals surface area contributed by atoms with E-state index in [1.54, 1.807) is 0 Å². The number of esters is 2. The number of benzene rings is 4. The van der Waals surface area contributed by atoms with Crippen LogP contribution in [0.1, 0.15) is 32.8 Å². The lowest BCUT2D eigenvalue weighted by atomic mass is 10.0. The molecule has 1 aliphatic heterocycles. The molecular formula is C30H24O4S2. The monoisotopic (exact) mass is 512 g/mol. The maximum atomic E-state index is 13.1. The predicted octanol–water partition coefficient (Wildman–Crippen LogP) is 6.78. The van der Waals surface area contributed by atoms with Crippen molar-refractivity contribution in [2.24, 2.45) is 0 Å². The van der Waals surface area contributed by atoms with Crippen LogP contribution in [0.2, 0.25) is 0 Å². The molecule has 0 aromatic heterocycles. The standard InChI is InChI=1S/C30H24O4S2/c31-27-29(35-25(21-13-5-1-6-14-21)22-15-7-2-8-16-22)33-28(32)30(34-27)36-26(23-17-9-3-10-18-23)24-19-11-4-12-20-24/h1-20,25-26,29-30H. The van der Waals surface area contributed by atoms with Gasteiger partial charge in [-0.2, -0.15) is 0 Å². The van der Waals surface area contributed by atoms with Crippen LogP contribution in [0.25, 0.3) is 0 Å². The van der Waals surface area contributed by atoms with E-state index in [1.165, 1.54) is 23.5 Å². The number of ether oxygens (including phenoxy) is 2. The number of cyclic esters (lactones) is 2. The Labute approximate surface area is 219 Å². The lowest BCUT2D eigenvalue weighted by Crippen LogP contribution is -2.41. The van der Waals surface area contributed by atoms with Gasteiger partial charge in [-0.25, -0.2) is 9.59 Å². The van der Waals surface area contributed by atoms with E-state index in [4.69, 9.17) is 9.47 Å². The summed E-state index contributed by atoms with van der Waals surface area (Å²) in [5.74, 6) is -1.09. The minimum absolute atomic E-state index is 0.191. The third kappa shape index (κ3) is 5.66. The molecule has 0 spiro atoms. The predicted molar refractivity (Wildman–Crippen MR) is 144 cm³/mol. The molecule has 0 bridgehead atoms. The van der Waals surface area contributed by atoms with Crippen molar-refractivity contribution in [3.8, 4) is 0 Å². The first-order chi connectivity index (χ1) is 17.7. The maximum Gasteiger partial charge on any atom is 0.360 e. The minimum atomic E-state index is -1.05. The molecule has 4 aromatic carbocycles. The van der Waals surface area contributed by atoms with Crippen LogP contribution in [0.15, 0.2) is 121 Å². The first kappa shape index (κ1) is 24.2. The second kappa shape index (κ2) is 11.5. The summed E-state index contributed by atoms with van der Waals surface area (Å²) in [6, 6.07) is 39.5. The summed E-state index contributed by atoms with van der Waals surface area (Å²) in [5, 5.41) is -0.383. The third-order valence-electron chi connectivity index (χ3n) is 5.76. The number of carbonyl (C=O) groups excluding carboxylic acids is 2. The van der Waals surface area contributed by atoms with Crippen LogP contribution in [-0.4, -0.2) is 22.8 Å². The Bertz CT molecular complexity index is 1100. The Morgan fingerprint density at radius 2 is 0.694 bits per heavy atom. The fourth-order valence-electron chi connectivity index (χ4n) is 4.04. The molecule has 0 amide bonds. The Morgan fingerprint density at radius 1 is 0.444 bits per heavy atom. The smallest absolute Gasteiger partial charge is 0.360 e. The Balaban J connectivity index is 1.34. The first-order valence-corrected chi connectivity index (χ1v) is 13.5. The SMILES string of the molecule is O=C1OC(SC(c2ccccc2)c2ccccc2)C(=O)OC1SC(c1ccccc1)c1ccccc1. The molecule has 5 rings (SSSR count). The molecule has 1 fully saturated rings. The zero-order chi connectivity index (χ0) is 24.7. The molecule has 6 heteroatoms. The van der Waals surface area contributed by atoms with E-state index in [0.717, 1.165) is 22.3 Å². The molecule has 0 radical (unpaired) electrons. The average molecular weight is 513 g/mol. The van der Waals surface area contributed by atoms with Crippen LogP contribution in [0.5, 0.6) is 0 Å². The van der Waals surface area contributed by atoms with Gasteiger partial charge in [0.1, 0.15) is 0 Å². The number of carbonyl (C=O) groups is 2. The number of thioether (sulfide) groups is 2. The van der Waals surface area contributed by atoms with Crippen molar-refractivity contribution in [2.45, 2.75) is 21.4 Å². The summed E-state index contributed by atoms with van der Waals surface area (Å²) in [6.07, 6.45) is 0. The van der Waals surface area contributed by atoms with Crippen LogP contribution in [0.3, 0.4) is 0 Å². The summed E-state index contributed by atoms with van der Waals surface area (Å²) in [5.41, 5.74) is 1.97. The van der Waals surface area contributed by atoms with Gasteiger partial charge in [0.25, 0.3) is 0 Å². The molecule has 180 valence electrons. The zero-order valence-electron chi connectivity index (χ0n) is 19.3. The van der Waals surface area contributed by atoms with Gasteiger partial charge in [0, 0.05) is 0 Å². The molecule has 1 heterocycles. The van der Waals surface area contributed by atoms with Gasteiger partial charge in [-0.05, 0) is 22.3 Å². The van der Waals surface area contributed by atoms with Crippen molar-refractivity contribution >= 4 is 35.5 Å². The first-order valence-electron chi connectivity index (χ1n) is 11.6. The highest BCUT2D eigenvalue weighted by Crippen LogP contribution is 2.44. The summed E-state index contributed by atoms with van der Waals surface area (Å²) in [6.45, 7) is 0. The van der Waals surface area contributed by atoms with Crippen LogP contribution < -0.4 is 0 Å². The van der Waals surface area contributed by atoms with Crippen LogP contribution in [-0.2, 0) is 19.1 Å². The highest BCUT2D eigenvalue weighted by molar-refractivity contribution is 8.01. The topological polar surface area (TPSA) is 52.6 Å². The highest BCUT2D eigenvalue weighted by atomic mass is 32.2. The van der Waals surface area contributed by atoms with Gasteiger partial charge in [0.2, 0.25) is 10.9 Å². The summed E-state index contributed by atoms with van der Waals surface area (Å²) < 4.78 is 11.4. The summed E-state index contributed by atoms with van der Waals surface area (Å²) >= 11 is 2.54. The number of hydrogen-bond donors (Lipinski definition) is 0. The molecule has 4 aromatic rings. The van der Waals surface area contributed by atoms with E-state index in [1.807, 2.05) is 121 Å². The van der Waals surface area contributed by atoms with Gasteiger partial charge in [-0.1, -0.05) is 145 Å². The molecule has 2 atom stereocenters. The van der Waals surface area contributed by atoms with Crippen molar-refractivity contribution in [1.29, 1.82) is 0 Å². The van der Waals surface area contributed by atoms with Gasteiger partial charge in [-0.3, -0.25) is 0 Å². The lowest BCUT2D eigenvalue weighted by molar-refractivity contribution is -0.180. The summed E-state index contributed by atoms with van der Waals surface area (Å²) in [4.78, 5) is 26.1. The molecule has 4 nitrogen and oxygen atoms in total. The molecule has 0 saturated carbocycles. The van der Waals surface area contributed by atoms with E-state index in [9.17, 15) is 9.59 Å². The van der Waals surface area contributed by atoms with Gasteiger partial charge < -0.3 is 9.47 Å². The zero-order valence-corrected chi connectivity index (χ0v) is 20.9. The minimum Gasteiger partial charge on any atom is -0.436 e. The third-order valence-corrected chi connectivity index (χ3v) is 8.46. The van der Waals surface area contributed by atoms with E-state index < -0.39 is 22.8 Å². The molecule has 2 unspecified atom stereocenters. The molecule has 1 saturated heterocycles. The van der Waals surface area contributed by atoms with E-state index in [0.29, 0.717) is 0 Å². The number of hydrogen-bond acceptors (Lipinski definition) is 6.